The van der Waals surface area contributed by atoms with Crippen LogP contribution >= 0.6 is 0 Å². The second-order valence-corrected chi connectivity index (χ2v) is 12.3. The summed E-state index contributed by atoms with van der Waals surface area (Å²) in [4.78, 5) is 0. The van der Waals surface area contributed by atoms with Crippen molar-refractivity contribution < 1.29 is 9.16 Å². The first-order valence-electron chi connectivity index (χ1n) is 8.27. The van der Waals surface area contributed by atoms with Gasteiger partial charge in [-0.3, -0.25) is 0 Å². The van der Waals surface area contributed by atoms with Crippen LogP contribution in [0.5, 0.6) is 11.5 Å². The number of benzene rings is 2. The quantitative estimate of drug-likeness (QED) is 0.609. The summed E-state index contributed by atoms with van der Waals surface area (Å²) < 4.78 is 11.9. The molecule has 0 saturated heterocycles. The molecule has 0 aliphatic carbocycles. The number of hydrogen-bond donors (Lipinski definition) is 0. The molecule has 2 aromatic rings. The highest BCUT2D eigenvalue weighted by atomic mass is 28.4. The lowest BCUT2D eigenvalue weighted by Crippen LogP contribution is -2.43. The van der Waals surface area contributed by atoms with Gasteiger partial charge in [-0.2, -0.15) is 0 Å². The Morgan fingerprint density at radius 3 is 2.04 bits per heavy atom. The molecule has 0 fully saturated rings. The molecule has 0 bridgehead atoms. The first-order chi connectivity index (χ1) is 11.1. The summed E-state index contributed by atoms with van der Waals surface area (Å²) in [6.07, 6.45) is 0. The molecule has 24 heavy (non-hydrogen) atoms. The van der Waals surface area contributed by atoms with Crippen molar-refractivity contribution in [2.75, 3.05) is 7.11 Å². The second kappa shape index (κ2) is 6.86. The van der Waals surface area contributed by atoms with Crippen molar-refractivity contribution in [2.24, 2.45) is 0 Å². The lowest BCUT2D eigenvalue weighted by molar-refractivity contribution is 0.410. The predicted molar refractivity (Wildman–Crippen MR) is 105 cm³/mol. The molecule has 3 heteroatoms. The van der Waals surface area contributed by atoms with E-state index in [2.05, 4.69) is 58.6 Å². The largest absolute Gasteiger partial charge is 0.543 e. The molecule has 2 rings (SSSR count). The molecule has 0 aliphatic heterocycles. The van der Waals surface area contributed by atoms with Crippen molar-refractivity contribution in [1.29, 1.82) is 0 Å². The van der Waals surface area contributed by atoms with E-state index in [1.165, 1.54) is 0 Å². The molecule has 0 heterocycles. The summed E-state index contributed by atoms with van der Waals surface area (Å²) in [7, 11) is -0.223. The minimum absolute atomic E-state index is 0.146. The summed E-state index contributed by atoms with van der Waals surface area (Å²) in [6, 6.07) is 16.2. The monoisotopic (exact) mass is 340 g/mol. The van der Waals surface area contributed by atoms with Crippen LogP contribution in [0.1, 0.15) is 31.9 Å². The summed E-state index contributed by atoms with van der Waals surface area (Å²) in [6.45, 7) is 15.5. The van der Waals surface area contributed by atoms with E-state index in [0.29, 0.717) is 0 Å². The number of rotatable bonds is 5. The normalized spacial score (nSPS) is 11.9. The zero-order chi connectivity index (χ0) is 18.0. The number of ether oxygens (including phenoxy) is 1. The fourth-order valence-corrected chi connectivity index (χ4v) is 3.19. The highest BCUT2D eigenvalue weighted by Crippen LogP contribution is 2.39. The highest BCUT2D eigenvalue weighted by molar-refractivity contribution is 6.74. The molecule has 0 amide bonds. The molecular weight excluding hydrogens is 312 g/mol. The molecule has 0 atom stereocenters. The van der Waals surface area contributed by atoms with E-state index in [-0.39, 0.29) is 5.04 Å². The van der Waals surface area contributed by atoms with E-state index in [9.17, 15) is 0 Å². The number of methoxy groups -OCH3 is 1. The van der Waals surface area contributed by atoms with Gasteiger partial charge in [-0.25, -0.2) is 0 Å². The van der Waals surface area contributed by atoms with E-state index in [0.717, 1.165) is 28.2 Å². The van der Waals surface area contributed by atoms with Gasteiger partial charge in [0.2, 0.25) is 8.32 Å². The Hall–Kier alpha value is -2.00. The van der Waals surface area contributed by atoms with Crippen LogP contribution in [0.15, 0.2) is 55.1 Å². The van der Waals surface area contributed by atoms with E-state index in [4.69, 9.17) is 9.16 Å². The second-order valence-electron chi connectivity index (χ2n) is 7.60. The molecule has 0 aliphatic rings. The van der Waals surface area contributed by atoms with Crippen LogP contribution in [0.2, 0.25) is 18.1 Å². The molecule has 0 radical (unpaired) electrons. The Morgan fingerprint density at radius 2 is 1.50 bits per heavy atom. The van der Waals surface area contributed by atoms with Crippen molar-refractivity contribution in [2.45, 2.75) is 38.9 Å². The summed E-state index contributed by atoms with van der Waals surface area (Å²) in [5.41, 5.74) is 3.09. The number of hydrogen-bond acceptors (Lipinski definition) is 2. The third kappa shape index (κ3) is 4.09. The van der Waals surface area contributed by atoms with E-state index < -0.39 is 8.32 Å². The van der Waals surface area contributed by atoms with E-state index in [1.54, 1.807) is 7.11 Å². The Morgan fingerprint density at radius 1 is 0.917 bits per heavy atom. The minimum Gasteiger partial charge on any atom is -0.543 e. The van der Waals surface area contributed by atoms with Gasteiger partial charge in [0.25, 0.3) is 0 Å². The van der Waals surface area contributed by atoms with Crippen LogP contribution < -0.4 is 9.16 Å². The maximum Gasteiger partial charge on any atom is 0.250 e. The first kappa shape index (κ1) is 18.3. The molecule has 0 N–H and O–H groups in total. The third-order valence-corrected chi connectivity index (χ3v) is 9.12. The van der Waals surface area contributed by atoms with Crippen LogP contribution in [0.25, 0.3) is 5.57 Å². The predicted octanol–water partition coefficient (Wildman–Crippen LogP) is 6.14. The standard InChI is InChI=1S/C21H28O2Si/c1-16(17-11-9-8-10-12-17)18-13-19(22-5)15-20(14-18)23-24(6,7)21(2,3)4/h8-15H,1H2,2-7H3. The van der Waals surface area contributed by atoms with Crippen molar-refractivity contribution in [3.8, 4) is 11.5 Å². The van der Waals surface area contributed by atoms with Gasteiger partial charge in [0.1, 0.15) is 11.5 Å². The molecule has 0 spiro atoms. The fourth-order valence-electron chi connectivity index (χ4n) is 2.18. The van der Waals surface area contributed by atoms with Crippen molar-refractivity contribution in [1.82, 2.24) is 0 Å². The van der Waals surface area contributed by atoms with Gasteiger partial charge in [-0.1, -0.05) is 57.7 Å². The molecule has 0 saturated carbocycles. The Labute approximate surface area is 147 Å². The molecule has 0 unspecified atom stereocenters. The average Bonchev–Trinajstić information content (AvgIpc) is 2.53. The van der Waals surface area contributed by atoms with E-state index in [1.807, 2.05) is 30.3 Å². The van der Waals surface area contributed by atoms with Crippen LogP contribution in [-0.4, -0.2) is 15.4 Å². The molecule has 128 valence electrons. The minimum atomic E-state index is -1.90. The maximum absolute atomic E-state index is 6.45. The lowest BCUT2D eigenvalue weighted by atomic mass is 9.99. The van der Waals surface area contributed by atoms with Crippen LogP contribution in [0.4, 0.5) is 0 Å². The van der Waals surface area contributed by atoms with Crippen LogP contribution in [0, 0.1) is 0 Å². The lowest BCUT2D eigenvalue weighted by Gasteiger charge is -2.36. The van der Waals surface area contributed by atoms with Gasteiger partial charge in [-0.15, -0.1) is 0 Å². The van der Waals surface area contributed by atoms with Gasteiger partial charge < -0.3 is 9.16 Å². The molecule has 2 nitrogen and oxygen atoms in total. The molecule has 2 aromatic carbocycles. The summed E-state index contributed by atoms with van der Waals surface area (Å²) >= 11 is 0. The Bertz CT molecular complexity index is 712. The summed E-state index contributed by atoms with van der Waals surface area (Å²) in [5.74, 6) is 1.64. The maximum atomic E-state index is 6.45. The first-order valence-corrected chi connectivity index (χ1v) is 11.2. The highest BCUT2D eigenvalue weighted by Gasteiger charge is 2.39. The van der Waals surface area contributed by atoms with E-state index >= 15 is 0 Å². The average molecular weight is 341 g/mol. The Balaban J connectivity index is 2.40. The zero-order valence-electron chi connectivity index (χ0n) is 15.6. The van der Waals surface area contributed by atoms with Crippen molar-refractivity contribution >= 4 is 13.9 Å². The zero-order valence-corrected chi connectivity index (χ0v) is 16.6. The van der Waals surface area contributed by atoms with Gasteiger partial charge >= 0.3 is 0 Å². The fraction of sp³-hybridized carbons (Fsp3) is 0.333. The topological polar surface area (TPSA) is 18.5 Å². The molecular formula is C21H28O2Si. The summed E-state index contributed by atoms with van der Waals surface area (Å²) in [5, 5.41) is 0.146. The van der Waals surface area contributed by atoms with Crippen LogP contribution in [0.3, 0.4) is 0 Å². The van der Waals surface area contributed by atoms with Gasteiger partial charge in [-0.05, 0) is 47.0 Å². The Kier molecular flexibility index (Phi) is 5.24. The van der Waals surface area contributed by atoms with Gasteiger partial charge in [0, 0.05) is 6.07 Å². The van der Waals surface area contributed by atoms with Gasteiger partial charge in [0.05, 0.1) is 7.11 Å². The van der Waals surface area contributed by atoms with Gasteiger partial charge in [0.15, 0.2) is 0 Å². The van der Waals surface area contributed by atoms with Crippen molar-refractivity contribution in [3.05, 3.63) is 66.2 Å². The third-order valence-electron chi connectivity index (χ3n) is 4.77. The smallest absolute Gasteiger partial charge is 0.250 e. The SMILES string of the molecule is C=C(c1ccccc1)c1cc(OC)cc(O[Si](C)(C)C(C)(C)C)c1. The van der Waals surface area contributed by atoms with Crippen molar-refractivity contribution in [3.63, 3.8) is 0 Å². The molecule has 0 aromatic heterocycles. The van der Waals surface area contributed by atoms with Crippen LogP contribution in [-0.2, 0) is 0 Å².